The Morgan fingerprint density at radius 2 is 1.75 bits per heavy atom. The van der Waals surface area contributed by atoms with Crippen LogP contribution in [0.2, 0.25) is 6.82 Å². The van der Waals surface area contributed by atoms with E-state index in [1.807, 2.05) is 13.0 Å². The molecule has 16 heavy (non-hydrogen) atoms. The molecule has 0 saturated carbocycles. The lowest BCUT2D eigenvalue weighted by molar-refractivity contribution is 0.145. The van der Waals surface area contributed by atoms with Crippen LogP contribution >= 0.6 is 0 Å². The van der Waals surface area contributed by atoms with Gasteiger partial charge in [-0.05, 0) is 32.2 Å². The molecule has 0 amide bonds. The maximum atomic E-state index is 7.61. The monoisotopic (exact) mass is 224 g/mol. The molecule has 3 nitrogen and oxygen atoms in total. The second kappa shape index (κ2) is 10.7. The van der Waals surface area contributed by atoms with Gasteiger partial charge in [0, 0.05) is 13.2 Å². The summed E-state index contributed by atoms with van der Waals surface area (Å²) in [6.07, 6.45) is 2.25. The molecule has 1 aromatic carbocycles. The molecule has 0 aliphatic heterocycles. The summed E-state index contributed by atoms with van der Waals surface area (Å²) in [7, 11) is -1.17. The van der Waals surface area contributed by atoms with Crippen molar-refractivity contribution < 1.29 is 14.8 Å². The zero-order chi connectivity index (χ0) is 12.2. The molecule has 2 N–H and O–H groups in total. The summed E-state index contributed by atoms with van der Waals surface area (Å²) < 4.78 is 5.26. The first-order chi connectivity index (χ1) is 7.66. The number of rotatable bonds is 5. The summed E-state index contributed by atoms with van der Waals surface area (Å²) in [4.78, 5) is 0. The van der Waals surface area contributed by atoms with E-state index < -0.39 is 7.12 Å². The third-order valence-corrected chi connectivity index (χ3v) is 1.80. The molecule has 0 heterocycles. The third kappa shape index (κ3) is 11.2. The fraction of sp³-hybridized carbons (Fsp3) is 0.500. The highest BCUT2D eigenvalue weighted by Crippen LogP contribution is 2.01. The Labute approximate surface area is 98.2 Å². The van der Waals surface area contributed by atoms with Gasteiger partial charge >= 0.3 is 7.12 Å². The molecule has 0 saturated heterocycles. The second-order valence-electron chi connectivity index (χ2n) is 3.42. The summed E-state index contributed by atoms with van der Waals surface area (Å²) in [5.41, 5.74) is 1.40. The van der Waals surface area contributed by atoms with Crippen molar-refractivity contribution in [3.63, 3.8) is 0 Å². The predicted octanol–water partition coefficient (Wildman–Crippen LogP) is 1.74. The highest BCUT2D eigenvalue weighted by Gasteiger charge is 1.90. The second-order valence-corrected chi connectivity index (χ2v) is 3.42. The maximum absolute atomic E-state index is 7.61. The third-order valence-electron chi connectivity index (χ3n) is 1.80. The van der Waals surface area contributed by atoms with Gasteiger partial charge in [-0.2, -0.15) is 0 Å². The first kappa shape index (κ1) is 15.2. The van der Waals surface area contributed by atoms with E-state index in [1.54, 1.807) is 0 Å². The SMILES string of the molecule is CB(O)O.CCOCCCc1ccccc1. The van der Waals surface area contributed by atoms with Crippen LogP contribution in [0.25, 0.3) is 0 Å². The van der Waals surface area contributed by atoms with Crippen LogP contribution in [0.1, 0.15) is 18.9 Å². The molecule has 0 radical (unpaired) electrons. The van der Waals surface area contributed by atoms with E-state index in [9.17, 15) is 0 Å². The number of hydrogen-bond acceptors (Lipinski definition) is 3. The zero-order valence-electron chi connectivity index (χ0n) is 10.1. The Kier molecular flexibility index (Phi) is 10.1. The van der Waals surface area contributed by atoms with Crippen LogP contribution in [-0.2, 0) is 11.2 Å². The summed E-state index contributed by atoms with van der Waals surface area (Å²) >= 11 is 0. The van der Waals surface area contributed by atoms with E-state index in [0.717, 1.165) is 26.1 Å². The fourth-order valence-electron chi connectivity index (χ4n) is 1.17. The Bertz CT molecular complexity index is 237. The van der Waals surface area contributed by atoms with Crippen LogP contribution in [0.4, 0.5) is 0 Å². The molecule has 0 atom stereocenters. The van der Waals surface area contributed by atoms with E-state index in [0.29, 0.717) is 0 Å². The Morgan fingerprint density at radius 3 is 2.25 bits per heavy atom. The van der Waals surface area contributed by atoms with Crippen molar-refractivity contribution in [2.75, 3.05) is 13.2 Å². The predicted molar refractivity (Wildman–Crippen MR) is 67.3 cm³/mol. The Hall–Kier alpha value is -0.835. The van der Waals surface area contributed by atoms with Crippen LogP contribution in [0, 0.1) is 0 Å². The van der Waals surface area contributed by atoms with Crippen LogP contribution in [0.15, 0.2) is 30.3 Å². The number of benzene rings is 1. The van der Waals surface area contributed by atoms with Gasteiger partial charge in [0.2, 0.25) is 0 Å². The molecule has 90 valence electrons. The number of ether oxygens (including phenoxy) is 1. The van der Waals surface area contributed by atoms with Crippen molar-refractivity contribution in [3.8, 4) is 0 Å². The van der Waals surface area contributed by atoms with Gasteiger partial charge in [-0.3, -0.25) is 0 Å². The molecule has 1 aromatic rings. The summed E-state index contributed by atoms with van der Waals surface area (Å²) in [6, 6.07) is 10.5. The van der Waals surface area contributed by atoms with Gasteiger partial charge in [-0.1, -0.05) is 30.3 Å². The first-order valence-corrected chi connectivity index (χ1v) is 5.64. The van der Waals surface area contributed by atoms with Gasteiger partial charge in [0.1, 0.15) is 0 Å². The van der Waals surface area contributed by atoms with Crippen LogP contribution in [-0.4, -0.2) is 30.4 Å². The molecule has 4 heteroatoms. The van der Waals surface area contributed by atoms with Crippen molar-refractivity contribution in [2.24, 2.45) is 0 Å². The van der Waals surface area contributed by atoms with Gasteiger partial charge < -0.3 is 14.8 Å². The minimum absolute atomic E-state index is 0.828. The minimum Gasteiger partial charge on any atom is -0.427 e. The molecule has 0 fully saturated rings. The molecular weight excluding hydrogens is 203 g/mol. The molecule has 0 aromatic heterocycles. The zero-order valence-corrected chi connectivity index (χ0v) is 10.1. The Morgan fingerprint density at radius 1 is 1.19 bits per heavy atom. The maximum Gasteiger partial charge on any atom is 0.448 e. The molecule has 0 bridgehead atoms. The quantitative estimate of drug-likeness (QED) is 0.591. The lowest BCUT2D eigenvalue weighted by Crippen LogP contribution is -2.00. The van der Waals surface area contributed by atoms with E-state index in [2.05, 4.69) is 24.3 Å². The van der Waals surface area contributed by atoms with E-state index in [4.69, 9.17) is 14.8 Å². The smallest absolute Gasteiger partial charge is 0.427 e. The molecule has 0 unspecified atom stereocenters. The lowest BCUT2D eigenvalue weighted by Gasteiger charge is -2.00. The summed E-state index contributed by atoms with van der Waals surface area (Å²) in [5, 5.41) is 15.2. The van der Waals surface area contributed by atoms with Gasteiger partial charge in [-0.25, -0.2) is 0 Å². The number of aryl methyl sites for hydroxylation is 1. The highest BCUT2D eigenvalue weighted by molar-refractivity contribution is 6.38. The molecule has 0 aliphatic carbocycles. The molecule has 0 spiro atoms. The molecule has 0 aliphatic rings. The molecular formula is C12H21BO3. The van der Waals surface area contributed by atoms with Crippen LogP contribution in [0.3, 0.4) is 0 Å². The topological polar surface area (TPSA) is 49.7 Å². The van der Waals surface area contributed by atoms with Gasteiger partial charge in [0.25, 0.3) is 0 Å². The summed E-state index contributed by atoms with van der Waals surface area (Å²) in [6.45, 7) is 5.02. The largest absolute Gasteiger partial charge is 0.448 e. The van der Waals surface area contributed by atoms with Crippen LogP contribution < -0.4 is 0 Å². The number of hydrogen-bond donors (Lipinski definition) is 2. The highest BCUT2D eigenvalue weighted by atomic mass is 16.5. The lowest BCUT2D eigenvalue weighted by atomic mass is 9.99. The van der Waals surface area contributed by atoms with Crippen molar-refractivity contribution in [3.05, 3.63) is 35.9 Å². The molecule has 1 rings (SSSR count). The van der Waals surface area contributed by atoms with E-state index in [1.165, 1.54) is 12.4 Å². The van der Waals surface area contributed by atoms with Crippen LogP contribution in [0.5, 0.6) is 0 Å². The average molecular weight is 224 g/mol. The first-order valence-electron chi connectivity index (χ1n) is 5.64. The fourth-order valence-corrected chi connectivity index (χ4v) is 1.17. The Balaban J connectivity index is 0.000000487. The van der Waals surface area contributed by atoms with Gasteiger partial charge in [0.15, 0.2) is 0 Å². The van der Waals surface area contributed by atoms with Crippen molar-refractivity contribution in [2.45, 2.75) is 26.6 Å². The normalized spacial score (nSPS) is 9.25. The average Bonchev–Trinajstić information content (AvgIpc) is 2.25. The van der Waals surface area contributed by atoms with Crippen molar-refractivity contribution in [1.82, 2.24) is 0 Å². The summed E-state index contributed by atoms with van der Waals surface area (Å²) in [5.74, 6) is 0. The van der Waals surface area contributed by atoms with E-state index >= 15 is 0 Å². The van der Waals surface area contributed by atoms with Crippen molar-refractivity contribution >= 4 is 7.12 Å². The van der Waals surface area contributed by atoms with Crippen molar-refractivity contribution in [1.29, 1.82) is 0 Å². The van der Waals surface area contributed by atoms with E-state index in [-0.39, 0.29) is 0 Å². The minimum atomic E-state index is -1.17. The van der Waals surface area contributed by atoms with Gasteiger partial charge in [-0.15, -0.1) is 0 Å². The standard InChI is InChI=1S/C11H16O.CH5BO2/c1-2-12-10-6-9-11-7-4-3-5-8-11;1-2(3)4/h3-5,7-8H,2,6,9-10H2,1H3;3-4H,1H3. The van der Waals surface area contributed by atoms with Gasteiger partial charge in [0.05, 0.1) is 0 Å².